The molecule has 1 aliphatic carbocycles. The molecule has 0 unspecified atom stereocenters. The summed E-state index contributed by atoms with van der Waals surface area (Å²) in [4.78, 5) is 21.3. The van der Waals surface area contributed by atoms with Gasteiger partial charge in [0.2, 0.25) is 0 Å². The molecule has 3 heterocycles. The highest BCUT2D eigenvalue weighted by Crippen LogP contribution is 2.39. The van der Waals surface area contributed by atoms with Gasteiger partial charge in [-0.05, 0) is 81.1 Å². The van der Waals surface area contributed by atoms with Gasteiger partial charge in [0.1, 0.15) is 0 Å². The van der Waals surface area contributed by atoms with E-state index in [4.69, 9.17) is 9.73 Å². The first-order valence-electron chi connectivity index (χ1n) is 12.3. The first-order chi connectivity index (χ1) is 16.1. The Bertz CT molecular complexity index is 1060. The van der Waals surface area contributed by atoms with E-state index in [1.807, 2.05) is 35.2 Å². The molecule has 0 N–H and O–H groups in total. The third-order valence-electron chi connectivity index (χ3n) is 7.07. The maximum atomic E-state index is 13.6. The summed E-state index contributed by atoms with van der Waals surface area (Å²) in [6.07, 6.45) is 10.4. The fraction of sp³-hybridized carbons (Fsp3) is 0.481. The lowest BCUT2D eigenvalue weighted by molar-refractivity contribution is -0.124. The molecule has 33 heavy (non-hydrogen) atoms. The number of hydrogen-bond acceptors (Lipinski definition) is 4. The minimum absolute atomic E-state index is 0.102. The van der Waals surface area contributed by atoms with Gasteiger partial charge in [-0.15, -0.1) is 0 Å². The minimum Gasteiger partial charge on any atom is -0.376 e. The predicted octanol–water partition coefficient (Wildman–Crippen LogP) is 6.22. The number of carbonyl (C=O) groups is 1. The van der Waals surface area contributed by atoms with Crippen LogP contribution in [0.15, 0.2) is 46.3 Å². The van der Waals surface area contributed by atoms with Gasteiger partial charge in [0, 0.05) is 30.6 Å². The number of aryl methyl sites for hydroxylation is 1. The standard InChI is InChI=1S/C27H33N3O2S/c1-19-16-21(20(2)29(19)18-24-14-9-15-32-24)17-25-26(31)30(23-12-7-4-8-13-23)27(33-25)28-22-10-5-3-6-11-22/h3,5-6,10-11,16-17,23-24H,4,7-9,12-15,18H2,1-2H3/b25-17-,28-27?/t24-/m0/s1. The zero-order valence-electron chi connectivity index (χ0n) is 19.6. The van der Waals surface area contributed by atoms with Gasteiger partial charge < -0.3 is 9.30 Å². The largest absolute Gasteiger partial charge is 0.376 e. The summed E-state index contributed by atoms with van der Waals surface area (Å²) < 4.78 is 8.20. The van der Waals surface area contributed by atoms with Crippen molar-refractivity contribution in [1.29, 1.82) is 0 Å². The van der Waals surface area contributed by atoms with Crippen molar-refractivity contribution in [3.8, 4) is 0 Å². The third-order valence-corrected chi connectivity index (χ3v) is 8.05. The Kier molecular flexibility index (Phi) is 6.74. The van der Waals surface area contributed by atoms with Gasteiger partial charge >= 0.3 is 0 Å². The average Bonchev–Trinajstić information content (AvgIpc) is 3.52. The van der Waals surface area contributed by atoms with Crippen molar-refractivity contribution in [2.24, 2.45) is 4.99 Å². The van der Waals surface area contributed by atoms with E-state index in [1.54, 1.807) is 0 Å². The number of thioether (sulfide) groups is 1. The summed E-state index contributed by atoms with van der Waals surface area (Å²) in [7, 11) is 0. The van der Waals surface area contributed by atoms with Crippen molar-refractivity contribution < 1.29 is 9.53 Å². The molecule has 0 bridgehead atoms. The van der Waals surface area contributed by atoms with E-state index < -0.39 is 0 Å². The van der Waals surface area contributed by atoms with Gasteiger partial charge in [-0.1, -0.05) is 37.5 Å². The molecule has 1 aromatic heterocycles. The molecule has 6 heteroatoms. The monoisotopic (exact) mass is 463 g/mol. The van der Waals surface area contributed by atoms with Crippen LogP contribution in [0.25, 0.3) is 6.08 Å². The highest BCUT2D eigenvalue weighted by Gasteiger charge is 2.38. The fourth-order valence-corrected chi connectivity index (χ4v) is 6.28. The number of para-hydroxylation sites is 1. The molecule has 2 aromatic rings. The molecule has 1 saturated carbocycles. The van der Waals surface area contributed by atoms with E-state index in [9.17, 15) is 4.79 Å². The van der Waals surface area contributed by atoms with E-state index in [1.165, 1.54) is 42.4 Å². The third kappa shape index (κ3) is 4.82. The normalized spacial score (nSPS) is 24.5. The van der Waals surface area contributed by atoms with E-state index >= 15 is 0 Å². The smallest absolute Gasteiger partial charge is 0.267 e. The maximum absolute atomic E-state index is 13.6. The Labute approximate surface area is 200 Å². The van der Waals surface area contributed by atoms with Crippen LogP contribution in [0.1, 0.15) is 61.9 Å². The lowest BCUT2D eigenvalue weighted by Crippen LogP contribution is -2.40. The summed E-state index contributed by atoms with van der Waals surface area (Å²) in [5.41, 5.74) is 4.42. The van der Waals surface area contributed by atoms with Gasteiger partial charge in [-0.3, -0.25) is 9.69 Å². The van der Waals surface area contributed by atoms with Crippen molar-refractivity contribution in [2.75, 3.05) is 6.61 Å². The van der Waals surface area contributed by atoms with E-state index in [0.717, 1.165) is 60.2 Å². The van der Waals surface area contributed by atoms with Crippen LogP contribution in [0.3, 0.4) is 0 Å². The van der Waals surface area contributed by atoms with E-state index in [0.29, 0.717) is 6.10 Å². The number of amides is 1. The highest BCUT2D eigenvalue weighted by atomic mass is 32.2. The van der Waals surface area contributed by atoms with Crippen molar-refractivity contribution in [2.45, 2.75) is 77.5 Å². The SMILES string of the molecule is Cc1cc(/C=C2\SC(=Nc3ccccc3)N(C3CCCCC3)C2=O)c(C)n1C[C@@H]1CCCO1. The quantitative estimate of drug-likeness (QED) is 0.495. The Hall–Kier alpha value is -2.31. The second kappa shape index (κ2) is 9.90. The second-order valence-electron chi connectivity index (χ2n) is 9.38. The Balaban J connectivity index is 1.45. The van der Waals surface area contributed by atoms with Crippen molar-refractivity contribution in [3.63, 3.8) is 0 Å². The fourth-order valence-electron chi connectivity index (χ4n) is 5.23. The Morgan fingerprint density at radius 1 is 1.09 bits per heavy atom. The first-order valence-corrected chi connectivity index (χ1v) is 13.1. The molecule has 174 valence electrons. The van der Waals surface area contributed by atoms with Gasteiger partial charge in [0.15, 0.2) is 5.17 Å². The van der Waals surface area contributed by atoms with Gasteiger partial charge in [0.05, 0.1) is 16.7 Å². The van der Waals surface area contributed by atoms with Gasteiger partial charge in [-0.2, -0.15) is 0 Å². The van der Waals surface area contributed by atoms with E-state index in [2.05, 4.69) is 30.6 Å². The first kappa shape index (κ1) is 22.5. The van der Waals surface area contributed by atoms with Crippen LogP contribution in [0, 0.1) is 13.8 Å². The molecular weight excluding hydrogens is 430 g/mol. The molecule has 1 aromatic carbocycles. The number of benzene rings is 1. The lowest BCUT2D eigenvalue weighted by atomic mass is 9.94. The van der Waals surface area contributed by atoms with Crippen molar-refractivity contribution in [3.05, 3.63) is 58.3 Å². The van der Waals surface area contributed by atoms with Crippen molar-refractivity contribution >= 4 is 34.6 Å². The zero-order chi connectivity index (χ0) is 22.8. The average molecular weight is 464 g/mol. The Morgan fingerprint density at radius 3 is 2.61 bits per heavy atom. The molecular formula is C27H33N3O2S. The molecule has 0 spiro atoms. The number of aromatic nitrogens is 1. The number of aliphatic imine (C=N–C) groups is 1. The number of hydrogen-bond donors (Lipinski definition) is 0. The van der Waals surface area contributed by atoms with Crippen LogP contribution in [0.2, 0.25) is 0 Å². The molecule has 5 nitrogen and oxygen atoms in total. The molecule has 2 saturated heterocycles. The van der Waals surface area contributed by atoms with Crippen LogP contribution in [-0.4, -0.2) is 39.3 Å². The summed E-state index contributed by atoms with van der Waals surface area (Å²) in [5.74, 6) is 0.102. The zero-order valence-corrected chi connectivity index (χ0v) is 20.4. The molecule has 1 atom stereocenters. The van der Waals surface area contributed by atoms with Gasteiger partial charge in [0.25, 0.3) is 5.91 Å². The van der Waals surface area contributed by atoms with Crippen LogP contribution < -0.4 is 0 Å². The minimum atomic E-state index is 0.102. The Morgan fingerprint density at radius 2 is 1.88 bits per heavy atom. The lowest BCUT2D eigenvalue weighted by Gasteiger charge is -2.30. The molecule has 1 amide bonds. The number of amidine groups is 1. The highest BCUT2D eigenvalue weighted by molar-refractivity contribution is 8.18. The molecule has 3 fully saturated rings. The van der Waals surface area contributed by atoms with Crippen LogP contribution in [0.5, 0.6) is 0 Å². The van der Waals surface area contributed by atoms with Crippen LogP contribution in [-0.2, 0) is 16.1 Å². The van der Waals surface area contributed by atoms with E-state index in [-0.39, 0.29) is 11.9 Å². The summed E-state index contributed by atoms with van der Waals surface area (Å²) >= 11 is 1.52. The number of rotatable bonds is 5. The number of carbonyl (C=O) groups excluding carboxylic acids is 1. The molecule has 2 aliphatic heterocycles. The summed E-state index contributed by atoms with van der Waals surface area (Å²) in [6.45, 7) is 6.05. The number of nitrogens with zero attached hydrogens (tertiary/aromatic N) is 3. The van der Waals surface area contributed by atoms with Crippen LogP contribution >= 0.6 is 11.8 Å². The van der Waals surface area contributed by atoms with Gasteiger partial charge in [-0.25, -0.2) is 4.99 Å². The molecule has 0 radical (unpaired) electrons. The molecule has 3 aliphatic rings. The van der Waals surface area contributed by atoms with Crippen molar-refractivity contribution in [1.82, 2.24) is 9.47 Å². The van der Waals surface area contributed by atoms with Crippen LogP contribution in [0.4, 0.5) is 5.69 Å². The second-order valence-corrected chi connectivity index (χ2v) is 10.4. The molecule has 5 rings (SSSR count). The summed E-state index contributed by atoms with van der Waals surface area (Å²) in [5, 5.41) is 0.817. The summed E-state index contributed by atoms with van der Waals surface area (Å²) in [6, 6.07) is 12.4. The maximum Gasteiger partial charge on any atom is 0.267 e. The topological polar surface area (TPSA) is 46.8 Å². The predicted molar refractivity (Wildman–Crippen MR) is 136 cm³/mol. The number of ether oxygens (including phenoxy) is 1.